The Labute approximate surface area is 409 Å². The number of imidazole rings is 2. The van der Waals surface area contributed by atoms with E-state index in [0.29, 0.717) is 67.3 Å². The van der Waals surface area contributed by atoms with Gasteiger partial charge in [-0.25, -0.2) is 19.9 Å². The number of amides is 1. The molecular formula is C52H54N12O7. The molecule has 19 nitrogen and oxygen atoms in total. The Morgan fingerprint density at radius 1 is 0.606 bits per heavy atom. The summed E-state index contributed by atoms with van der Waals surface area (Å²) in [6.07, 6.45) is 11.2. The number of nitrogens with zero attached hydrogens (tertiary/aromatic N) is 8. The topological polar surface area (TPSA) is 187 Å². The number of ether oxygens (including phenoxy) is 6. The molecule has 0 aliphatic carbocycles. The van der Waals surface area contributed by atoms with Crippen LogP contribution in [0.15, 0.2) is 110 Å². The number of rotatable bonds is 10. The summed E-state index contributed by atoms with van der Waals surface area (Å²) >= 11 is 0. The van der Waals surface area contributed by atoms with Crippen molar-refractivity contribution in [3.8, 4) is 45.5 Å². The number of nitrogens with one attached hydrogen (secondary N) is 4. The molecule has 0 radical (unpaired) electrons. The Morgan fingerprint density at radius 2 is 1.14 bits per heavy atom. The van der Waals surface area contributed by atoms with Crippen LogP contribution < -0.4 is 50.0 Å². The van der Waals surface area contributed by atoms with Crippen LogP contribution >= 0.6 is 0 Å². The van der Waals surface area contributed by atoms with Gasteiger partial charge >= 0.3 is 0 Å². The molecule has 0 bridgehead atoms. The van der Waals surface area contributed by atoms with Crippen molar-refractivity contribution in [1.82, 2.24) is 39.4 Å². The van der Waals surface area contributed by atoms with Crippen LogP contribution in [0.3, 0.4) is 0 Å². The SMILES string of the molecule is COc1cc(Nc2nc(-c3ccc4c(c3)C(=O)NCCO4)cn3ccnc23)ccc1N1CCOCC1.COc1cc(Nc2nc(-c3ccc4c(c3)CNCCO4)cn3ccnc23)ccc1N1CCOCC1. The first kappa shape index (κ1) is 45.3. The number of carbonyl (C=O) groups excluding carboxylic acids is 1. The van der Waals surface area contributed by atoms with Gasteiger partial charge in [0.1, 0.15) is 36.2 Å². The molecule has 2 fully saturated rings. The van der Waals surface area contributed by atoms with E-state index in [4.69, 9.17) is 38.4 Å². The van der Waals surface area contributed by atoms with Crippen LogP contribution in [0.4, 0.5) is 34.4 Å². The summed E-state index contributed by atoms with van der Waals surface area (Å²) in [7, 11) is 3.37. The Kier molecular flexibility index (Phi) is 13.1. The molecular weight excluding hydrogens is 905 g/mol. The van der Waals surface area contributed by atoms with Crippen LogP contribution in [0.2, 0.25) is 0 Å². The highest BCUT2D eigenvalue weighted by molar-refractivity contribution is 5.98. The molecule has 4 aromatic carbocycles. The molecule has 0 atom stereocenters. The number of anilines is 6. The first-order valence-corrected chi connectivity index (χ1v) is 23.7. The van der Waals surface area contributed by atoms with Crippen LogP contribution in [0.5, 0.6) is 23.0 Å². The maximum atomic E-state index is 12.5. The number of hydrogen-bond donors (Lipinski definition) is 4. The van der Waals surface area contributed by atoms with Crippen LogP contribution in [0.25, 0.3) is 33.8 Å². The first-order valence-electron chi connectivity index (χ1n) is 23.7. The minimum absolute atomic E-state index is 0.154. The maximum Gasteiger partial charge on any atom is 0.255 e. The normalized spacial score (nSPS) is 15.7. The average molecular weight is 959 g/mol. The summed E-state index contributed by atoms with van der Waals surface area (Å²) in [4.78, 5) is 35.9. The van der Waals surface area contributed by atoms with E-state index < -0.39 is 0 Å². The highest BCUT2D eigenvalue weighted by Crippen LogP contribution is 2.37. The summed E-state index contributed by atoms with van der Waals surface area (Å²) in [5.41, 5.74) is 10.2. The van der Waals surface area contributed by atoms with Gasteiger partial charge in [-0.3, -0.25) is 4.79 Å². The molecule has 0 saturated carbocycles. The highest BCUT2D eigenvalue weighted by atomic mass is 16.5. The molecule has 4 N–H and O–H groups in total. The van der Waals surface area contributed by atoms with E-state index in [1.54, 1.807) is 26.6 Å². The molecule has 71 heavy (non-hydrogen) atoms. The molecule has 8 aromatic rings. The minimum Gasteiger partial charge on any atom is -0.495 e. The zero-order chi connectivity index (χ0) is 48.1. The second-order valence-electron chi connectivity index (χ2n) is 17.2. The summed E-state index contributed by atoms with van der Waals surface area (Å²) in [6.45, 7) is 9.41. The smallest absolute Gasteiger partial charge is 0.255 e. The van der Waals surface area contributed by atoms with E-state index in [2.05, 4.69) is 59.2 Å². The first-order chi connectivity index (χ1) is 35.0. The van der Waals surface area contributed by atoms with Gasteiger partial charge in [-0.2, -0.15) is 0 Å². The van der Waals surface area contributed by atoms with E-state index in [0.717, 1.165) is 121 Å². The molecule has 8 heterocycles. The fourth-order valence-corrected chi connectivity index (χ4v) is 9.11. The van der Waals surface area contributed by atoms with Crippen molar-refractivity contribution < 1.29 is 33.2 Å². The lowest BCUT2D eigenvalue weighted by molar-refractivity contribution is 0.0957. The summed E-state index contributed by atoms with van der Waals surface area (Å²) in [6, 6.07) is 23.9. The zero-order valence-corrected chi connectivity index (χ0v) is 39.5. The molecule has 364 valence electrons. The van der Waals surface area contributed by atoms with Gasteiger partial charge in [0.2, 0.25) is 0 Å². The van der Waals surface area contributed by atoms with Gasteiger partial charge in [0, 0.05) is 117 Å². The molecule has 2 saturated heterocycles. The second-order valence-corrected chi connectivity index (χ2v) is 17.2. The van der Waals surface area contributed by atoms with Crippen LogP contribution in [0, 0.1) is 0 Å². The van der Waals surface area contributed by atoms with Crippen molar-refractivity contribution in [3.05, 3.63) is 121 Å². The molecule has 12 rings (SSSR count). The molecule has 0 unspecified atom stereocenters. The van der Waals surface area contributed by atoms with E-state index in [-0.39, 0.29) is 5.91 Å². The predicted molar refractivity (Wildman–Crippen MR) is 270 cm³/mol. The third kappa shape index (κ3) is 9.74. The lowest BCUT2D eigenvalue weighted by Crippen LogP contribution is -2.36. The summed E-state index contributed by atoms with van der Waals surface area (Å²) in [5, 5.41) is 13.1. The van der Waals surface area contributed by atoms with E-state index >= 15 is 0 Å². The summed E-state index contributed by atoms with van der Waals surface area (Å²) < 4.78 is 37.8. The minimum atomic E-state index is -0.154. The number of carbonyl (C=O) groups is 1. The summed E-state index contributed by atoms with van der Waals surface area (Å²) in [5.74, 6) is 4.20. The molecule has 0 spiro atoms. The average Bonchev–Trinajstić information content (AvgIpc) is 4.00. The standard InChI is InChI=1S/C26H26N6O4.C26H28N6O3/c1-34-23-15-18(3-4-21(23)31-9-12-35-13-10-31)29-24-25-27-6-8-32(25)16-20(30-24)17-2-5-22-19(14-17)26(33)28-7-11-36-22;1-33-24-15-20(3-4-22(24)31-9-12-34-13-10-31)29-25-26-28-6-8-32(26)17-21(30-25)18-2-5-23-19(14-18)16-27-7-11-35-23/h2-6,8,14-16H,7,9-13H2,1H3,(H,28,33)(H,29,30);2-6,8,14-15,17,27H,7,9-13,16H2,1H3,(H,29,30). The van der Waals surface area contributed by atoms with Gasteiger partial charge in [0.15, 0.2) is 22.9 Å². The predicted octanol–water partition coefficient (Wildman–Crippen LogP) is 6.57. The van der Waals surface area contributed by atoms with Crippen molar-refractivity contribution in [3.63, 3.8) is 0 Å². The maximum absolute atomic E-state index is 12.5. The second kappa shape index (κ2) is 20.5. The van der Waals surface area contributed by atoms with E-state index in [9.17, 15) is 4.79 Å². The Morgan fingerprint density at radius 3 is 1.72 bits per heavy atom. The number of hydrogen-bond acceptors (Lipinski definition) is 16. The molecule has 19 heteroatoms. The fourth-order valence-electron chi connectivity index (χ4n) is 9.11. The highest BCUT2D eigenvalue weighted by Gasteiger charge is 2.22. The van der Waals surface area contributed by atoms with Gasteiger partial charge in [0.25, 0.3) is 5.91 Å². The van der Waals surface area contributed by atoms with Crippen molar-refractivity contribution in [2.24, 2.45) is 0 Å². The van der Waals surface area contributed by atoms with Crippen LogP contribution in [-0.4, -0.2) is 128 Å². The zero-order valence-electron chi connectivity index (χ0n) is 39.5. The Hall–Kier alpha value is -8.13. The quantitative estimate of drug-likeness (QED) is 0.115. The number of methoxy groups -OCH3 is 2. The lowest BCUT2D eigenvalue weighted by atomic mass is 10.1. The van der Waals surface area contributed by atoms with Crippen molar-refractivity contribution >= 4 is 51.6 Å². The number of benzene rings is 4. The molecule has 1 amide bonds. The molecule has 4 aliphatic heterocycles. The van der Waals surface area contributed by atoms with Gasteiger partial charge in [-0.05, 0) is 60.7 Å². The van der Waals surface area contributed by atoms with Gasteiger partial charge in [0.05, 0.1) is 75.5 Å². The molecule has 4 aliphatic rings. The van der Waals surface area contributed by atoms with Crippen molar-refractivity contribution in [1.29, 1.82) is 0 Å². The van der Waals surface area contributed by atoms with Crippen molar-refractivity contribution in [2.45, 2.75) is 6.54 Å². The third-order valence-corrected chi connectivity index (χ3v) is 12.7. The fraction of sp³-hybridized carbons (Fsp3) is 0.288. The lowest BCUT2D eigenvalue weighted by Gasteiger charge is -2.30. The largest absolute Gasteiger partial charge is 0.495 e. The van der Waals surface area contributed by atoms with Crippen molar-refractivity contribution in [2.75, 3.05) is 114 Å². The van der Waals surface area contributed by atoms with Gasteiger partial charge in [-0.15, -0.1) is 0 Å². The van der Waals surface area contributed by atoms with Crippen LogP contribution in [0.1, 0.15) is 15.9 Å². The van der Waals surface area contributed by atoms with Gasteiger partial charge < -0.3 is 68.3 Å². The Bertz CT molecular complexity index is 3200. The van der Waals surface area contributed by atoms with E-state index in [1.165, 1.54) is 0 Å². The Balaban J connectivity index is 0.000000154. The number of fused-ring (bicyclic) bond motifs is 4. The van der Waals surface area contributed by atoms with Crippen LogP contribution in [-0.2, 0) is 16.0 Å². The monoisotopic (exact) mass is 958 g/mol. The third-order valence-electron chi connectivity index (χ3n) is 12.7. The van der Waals surface area contributed by atoms with Gasteiger partial charge in [-0.1, -0.05) is 0 Å². The number of morpholine rings is 2. The van der Waals surface area contributed by atoms with E-state index in [1.807, 2.05) is 88.2 Å². The molecule has 4 aromatic heterocycles. The number of aromatic nitrogens is 6.